The summed E-state index contributed by atoms with van der Waals surface area (Å²) in [5.41, 5.74) is 1.31. The van der Waals surface area contributed by atoms with Crippen molar-refractivity contribution in [2.75, 3.05) is 13.6 Å². The maximum Gasteiger partial charge on any atom is 0.319 e. The molecule has 0 N–H and O–H groups in total. The number of halogens is 2. The second-order valence-corrected chi connectivity index (χ2v) is 5.37. The predicted molar refractivity (Wildman–Crippen MR) is 79.3 cm³/mol. The Hall–Kier alpha value is -1.75. The van der Waals surface area contributed by atoms with E-state index in [4.69, 9.17) is 0 Å². The van der Waals surface area contributed by atoms with Crippen LogP contribution in [0.1, 0.15) is 37.2 Å². The van der Waals surface area contributed by atoms with Crippen molar-refractivity contribution in [1.29, 1.82) is 0 Å². The lowest BCUT2D eigenvalue weighted by Crippen LogP contribution is -2.23. The largest absolute Gasteiger partial charge is 0.319 e. The normalized spacial score (nSPS) is 13.0. The summed E-state index contributed by atoms with van der Waals surface area (Å²) in [5, 5.41) is 0. The Morgan fingerprint density at radius 3 is 2.62 bits per heavy atom. The molecule has 114 valence electrons. The fraction of sp³-hybridized carbons (Fsp3) is 0.438. The van der Waals surface area contributed by atoms with Gasteiger partial charge in [0.1, 0.15) is 5.82 Å². The summed E-state index contributed by atoms with van der Waals surface area (Å²) >= 11 is 0. The van der Waals surface area contributed by atoms with Crippen molar-refractivity contribution in [3.8, 4) is 0 Å². The van der Waals surface area contributed by atoms with Crippen LogP contribution in [0.25, 0.3) is 0 Å². The Bertz CT molecular complexity index is 539. The monoisotopic (exact) mass is 293 g/mol. The van der Waals surface area contributed by atoms with Gasteiger partial charge in [-0.1, -0.05) is 37.3 Å². The third-order valence-electron chi connectivity index (χ3n) is 3.68. The molecule has 21 heavy (non-hydrogen) atoms. The Morgan fingerprint density at radius 1 is 1.24 bits per heavy atom. The number of nitrogens with zero attached hydrogens (tertiary/aromatic N) is 3. The van der Waals surface area contributed by atoms with Crippen molar-refractivity contribution in [2.24, 2.45) is 0 Å². The first-order valence-corrected chi connectivity index (χ1v) is 7.11. The molecular formula is C16H21F2N3. The van der Waals surface area contributed by atoms with Gasteiger partial charge in [-0.3, -0.25) is 9.47 Å². The van der Waals surface area contributed by atoms with Crippen LogP contribution >= 0.6 is 0 Å². The lowest BCUT2D eigenvalue weighted by Gasteiger charge is -2.19. The van der Waals surface area contributed by atoms with Crippen molar-refractivity contribution in [1.82, 2.24) is 14.5 Å². The van der Waals surface area contributed by atoms with Crippen LogP contribution in [0.3, 0.4) is 0 Å². The fourth-order valence-corrected chi connectivity index (χ4v) is 2.33. The molecule has 0 saturated carbocycles. The van der Waals surface area contributed by atoms with E-state index in [2.05, 4.69) is 24.0 Å². The number of hydrogen-bond acceptors (Lipinski definition) is 2. The van der Waals surface area contributed by atoms with E-state index in [0.717, 1.165) is 17.5 Å². The molecule has 0 fully saturated rings. The molecule has 0 unspecified atom stereocenters. The third-order valence-corrected chi connectivity index (χ3v) is 3.68. The highest BCUT2D eigenvalue weighted by molar-refractivity contribution is 5.18. The zero-order valence-electron chi connectivity index (χ0n) is 12.4. The standard InChI is InChI=1S/C16H21F2N3/c1-13(14-6-4-3-5-7-14)8-10-20(2)12-15-19-9-11-21(15)16(17)18/h3-7,9,11,13,16H,8,10,12H2,1-2H3/t13-/m0/s1. The van der Waals surface area contributed by atoms with Crippen LogP contribution in [-0.4, -0.2) is 28.0 Å². The van der Waals surface area contributed by atoms with Crippen molar-refractivity contribution >= 4 is 0 Å². The van der Waals surface area contributed by atoms with Gasteiger partial charge in [-0.25, -0.2) is 4.98 Å². The average Bonchev–Trinajstić information content (AvgIpc) is 2.94. The predicted octanol–water partition coefficient (Wildman–Crippen LogP) is 3.90. The SMILES string of the molecule is C[C@@H](CCN(C)Cc1nccn1C(F)F)c1ccccc1. The van der Waals surface area contributed by atoms with Crippen LogP contribution in [0.4, 0.5) is 8.78 Å². The minimum Gasteiger partial charge on any atom is -0.299 e. The molecule has 5 heteroatoms. The number of benzene rings is 1. The summed E-state index contributed by atoms with van der Waals surface area (Å²) in [7, 11) is 1.93. The first kappa shape index (κ1) is 15.6. The van der Waals surface area contributed by atoms with Crippen LogP contribution in [0.15, 0.2) is 42.7 Å². The zero-order valence-corrected chi connectivity index (χ0v) is 12.4. The first-order valence-electron chi connectivity index (χ1n) is 7.11. The third kappa shape index (κ3) is 4.36. The van der Waals surface area contributed by atoms with E-state index in [1.807, 2.05) is 30.1 Å². The summed E-state index contributed by atoms with van der Waals surface area (Å²) in [5.74, 6) is 0.850. The molecular weight excluding hydrogens is 272 g/mol. The van der Waals surface area contributed by atoms with E-state index in [1.165, 1.54) is 18.0 Å². The molecule has 1 aromatic carbocycles. The number of imidazole rings is 1. The molecule has 0 aliphatic heterocycles. The zero-order chi connectivity index (χ0) is 15.2. The molecule has 1 heterocycles. The van der Waals surface area contributed by atoms with E-state index >= 15 is 0 Å². The van der Waals surface area contributed by atoms with Gasteiger partial charge >= 0.3 is 6.55 Å². The molecule has 0 amide bonds. The lowest BCUT2D eigenvalue weighted by atomic mass is 9.98. The maximum atomic E-state index is 12.8. The fourth-order valence-electron chi connectivity index (χ4n) is 2.33. The molecule has 3 nitrogen and oxygen atoms in total. The highest BCUT2D eigenvalue weighted by Gasteiger charge is 2.13. The van der Waals surface area contributed by atoms with Crippen LogP contribution in [-0.2, 0) is 6.54 Å². The number of aromatic nitrogens is 2. The van der Waals surface area contributed by atoms with E-state index in [-0.39, 0.29) is 0 Å². The molecule has 0 radical (unpaired) electrons. The quantitative estimate of drug-likeness (QED) is 0.772. The minimum absolute atomic E-state index is 0.403. The minimum atomic E-state index is -2.53. The molecule has 2 aromatic rings. The van der Waals surface area contributed by atoms with Gasteiger partial charge in [-0.05, 0) is 31.5 Å². The van der Waals surface area contributed by atoms with Crippen molar-refractivity contribution in [3.63, 3.8) is 0 Å². The molecule has 0 spiro atoms. The molecule has 1 atom stereocenters. The van der Waals surface area contributed by atoms with E-state index < -0.39 is 6.55 Å². The highest BCUT2D eigenvalue weighted by Crippen LogP contribution is 2.19. The Balaban J connectivity index is 1.85. The van der Waals surface area contributed by atoms with Gasteiger partial charge in [0.05, 0.1) is 6.54 Å². The van der Waals surface area contributed by atoms with Crippen molar-refractivity contribution < 1.29 is 8.78 Å². The second-order valence-electron chi connectivity index (χ2n) is 5.37. The van der Waals surface area contributed by atoms with Gasteiger partial charge in [-0.2, -0.15) is 8.78 Å². The number of rotatable bonds is 7. The van der Waals surface area contributed by atoms with Crippen LogP contribution in [0.2, 0.25) is 0 Å². The van der Waals surface area contributed by atoms with E-state index in [9.17, 15) is 8.78 Å². The van der Waals surface area contributed by atoms with Gasteiger partial charge in [-0.15, -0.1) is 0 Å². The lowest BCUT2D eigenvalue weighted by molar-refractivity contribution is 0.0645. The van der Waals surface area contributed by atoms with Gasteiger partial charge in [0, 0.05) is 12.4 Å². The summed E-state index contributed by atoms with van der Waals surface area (Å²) in [6.45, 7) is 0.924. The summed E-state index contributed by atoms with van der Waals surface area (Å²) in [4.78, 5) is 6.03. The van der Waals surface area contributed by atoms with Gasteiger partial charge in [0.25, 0.3) is 0 Å². The van der Waals surface area contributed by atoms with Crippen molar-refractivity contribution in [3.05, 3.63) is 54.1 Å². The maximum absolute atomic E-state index is 12.8. The topological polar surface area (TPSA) is 21.1 Å². The van der Waals surface area contributed by atoms with Crippen LogP contribution in [0.5, 0.6) is 0 Å². The van der Waals surface area contributed by atoms with E-state index in [1.54, 1.807) is 0 Å². The smallest absolute Gasteiger partial charge is 0.299 e. The molecule has 1 aromatic heterocycles. The van der Waals surface area contributed by atoms with Gasteiger partial charge < -0.3 is 0 Å². The molecule has 0 aliphatic carbocycles. The van der Waals surface area contributed by atoms with Crippen LogP contribution in [0, 0.1) is 0 Å². The molecule has 0 aliphatic rings. The van der Waals surface area contributed by atoms with Gasteiger partial charge in [0.2, 0.25) is 0 Å². The van der Waals surface area contributed by atoms with Crippen LogP contribution < -0.4 is 0 Å². The average molecular weight is 293 g/mol. The molecule has 2 rings (SSSR count). The Labute approximate surface area is 124 Å². The van der Waals surface area contributed by atoms with Crippen molar-refractivity contribution in [2.45, 2.75) is 32.4 Å². The highest BCUT2D eigenvalue weighted by atomic mass is 19.3. The summed E-state index contributed by atoms with van der Waals surface area (Å²) in [6.07, 6.45) is 3.72. The number of hydrogen-bond donors (Lipinski definition) is 0. The van der Waals surface area contributed by atoms with E-state index in [0.29, 0.717) is 18.3 Å². The Kier molecular flexibility index (Phi) is 5.44. The molecule has 0 saturated heterocycles. The van der Waals surface area contributed by atoms with Gasteiger partial charge in [0.15, 0.2) is 0 Å². The Morgan fingerprint density at radius 2 is 1.95 bits per heavy atom. The first-order chi connectivity index (χ1) is 10.1. The second kappa shape index (κ2) is 7.31. The number of alkyl halides is 2. The molecule has 0 bridgehead atoms. The summed E-state index contributed by atoms with van der Waals surface area (Å²) in [6, 6.07) is 10.3. The summed E-state index contributed by atoms with van der Waals surface area (Å²) < 4.78 is 26.4.